The maximum absolute atomic E-state index is 11.1. The molecule has 2 aromatic rings. The molecule has 0 aliphatic carbocycles. The third kappa shape index (κ3) is 3.38. The zero-order chi connectivity index (χ0) is 17.1. The summed E-state index contributed by atoms with van der Waals surface area (Å²) in [5.74, 6) is 0.115. The van der Waals surface area contributed by atoms with E-state index in [1.807, 2.05) is 6.08 Å². The number of aryl methyl sites for hydroxylation is 2. The van der Waals surface area contributed by atoms with E-state index in [9.17, 15) is 4.79 Å². The summed E-state index contributed by atoms with van der Waals surface area (Å²) in [5, 5.41) is 10.8. The molecule has 0 amide bonds. The SMILES string of the molecule is Cc1ccc(COC2=CCNN2c2cc(C(=O)O)ccn2)c(C)c1. The molecule has 1 aliphatic rings. The number of nitrogens with zero attached hydrogens (tertiary/aromatic N) is 2. The Morgan fingerprint density at radius 1 is 1.33 bits per heavy atom. The van der Waals surface area contributed by atoms with Crippen molar-refractivity contribution < 1.29 is 14.6 Å². The number of carbonyl (C=O) groups is 1. The van der Waals surface area contributed by atoms with Crippen LogP contribution in [0.25, 0.3) is 0 Å². The standard InChI is InChI=1S/C18H19N3O3/c1-12-3-4-15(13(2)9-12)11-24-17-6-8-20-21(17)16-10-14(18(22)23)5-7-19-16/h3-7,9-10,20H,8,11H2,1-2H3,(H,22,23). The lowest BCUT2D eigenvalue weighted by atomic mass is 10.1. The van der Waals surface area contributed by atoms with Gasteiger partial charge in [-0.2, -0.15) is 0 Å². The molecule has 2 heterocycles. The molecule has 24 heavy (non-hydrogen) atoms. The number of pyridine rings is 1. The number of ether oxygens (including phenoxy) is 1. The zero-order valence-electron chi connectivity index (χ0n) is 13.6. The second kappa shape index (κ2) is 6.72. The van der Waals surface area contributed by atoms with Crippen molar-refractivity contribution in [1.29, 1.82) is 0 Å². The first-order valence-electron chi connectivity index (χ1n) is 7.66. The molecule has 0 bridgehead atoms. The highest BCUT2D eigenvalue weighted by Gasteiger charge is 2.20. The summed E-state index contributed by atoms with van der Waals surface area (Å²) in [6, 6.07) is 9.20. The molecule has 0 radical (unpaired) electrons. The van der Waals surface area contributed by atoms with E-state index in [2.05, 4.69) is 42.5 Å². The average Bonchev–Trinajstić information content (AvgIpc) is 3.02. The van der Waals surface area contributed by atoms with Crippen LogP contribution in [0.3, 0.4) is 0 Å². The highest BCUT2D eigenvalue weighted by molar-refractivity contribution is 5.88. The molecule has 0 fully saturated rings. The second-order valence-corrected chi connectivity index (χ2v) is 5.67. The second-order valence-electron chi connectivity index (χ2n) is 5.67. The van der Waals surface area contributed by atoms with E-state index in [1.165, 1.54) is 29.5 Å². The normalized spacial score (nSPS) is 13.8. The van der Waals surface area contributed by atoms with Crippen LogP contribution in [-0.4, -0.2) is 22.6 Å². The van der Waals surface area contributed by atoms with Gasteiger partial charge in [0.2, 0.25) is 5.88 Å². The van der Waals surface area contributed by atoms with Crippen molar-refractivity contribution in [3.63, 3.8) is 0 Å². The van der Waals surface area contributed by atoms with Gasteiger partial charge in [0.25, 0.3) is 0 Å². The molecule has 0 spiro atoms. The van der Waals surface area contributed by atoms with Crippen LogP contribution in [0.5, 0.6) is 0 Å². The van der Waals surface area contributed by atoms with Crippen molar-refractivity contribution in [2.24, 2.45) is 0 Å². The first kappa shape index (κ1) is 16.0. The number of rotatable bonds is 5. The van der Waals surface area contributed by atoms with Gasteiger partial charge < -0.3 is 9.84 Å². The number of benzene rings is 1. The number of aromatic nitrogens is 1. The molecular formula is C18H19N3O3. The van der Waals surface area contributed by atoms with Crippen molar-refractivity contribution in [3.05, 3.63) is 70.7 Å². The maximum atomic E-state index is 11.1. The van der Waals surface area contributed by atoms with Crippen molar-refractivity contribution in [1.82, 2.24) is 10.4 Å². The number of anilines is 1. The van der Waals surface area contributed by atoms with E-state index in [0.717, 1.165) is 5.56 Å². The van der Waals surface area contributed by atoms with E-state index in [1.54, 1.807) is 5.01 Å². The number of carboxylic acid groups (broad SMARTS) is 1. The lowest BCUT2D eigenvalue weighted by Gasteiger charge is -2.21. The predicted octanol–water partition coefficient (Wildman–Crippen LogP) is 2.78. The highest BCUT2D eigenvalue weighted by atomic mass is 16.5. The quantitative estimate of drug-likeness (QED) is 0.880. The Morgan fingerprint density at radius 2 is 2.17 bits per heavy atom. The van der Waals surface area contributed by atoms with Crippen LogP contribution in [0, 0.1) is 13.8 Å². The van der Waals surface area contributed by atoms with Crippen LogP contribution in [0.1, 0.15) is 27.0 Å². The Hall–Kier alpha value is -2.86. The molecule has 0 saturated carbocycles. The molecule has 2 N–H and O–H groups in total. The fraction of sp³-hybridized carbons (Fsp3) is 0.222. The molecule has 3 rings (SSSR count). The Bertz CT molecular complexity index is 802. The number of hydrogen-bond acceptors (Lipinski definition) is 5. The number of aromatic carboxylic acids is 1. The third-order valence-corrected chi connectivity index (χ3v) is 3.84. The fourth-order valence-corrected chi connectivity index (χ4v) is 2.54. The number of hydrazine groups is 1. The predicted molar refractivity (Wildman–Crippen MR) is 90.5 cm³/mol. The molecule has 6 heteroatoms. The number of carboxylic acids is 1. The van der Waals surface area contributed by atoms with E-state index in [4.69, 9.17) is 9.84 Å². The summed E-state index contributed by atoms with van der Waals surface area (Å²) in [5.41, 5.74) is 6.80. The Balaban J connectivity index is 1.74. The Kier molecular flexibility index (Phi) is 4.48. The van der Waals surface area contributed by atoms with Gasteiger partial charge >= 0.3 is 5.97 Å². The molecular weight excluding hydrogens is 306 g/mol. The minimum Gasteiger partial charge on any atom is -0.478 e. The summed E-state index contributed by atoms with van der Waals surface area (Å²) >= 11 is 0. The van der Waals surface area contributed by atoms with Gasteiger partial charge in [0.05, 0.1) is 5.56 Å². The molecule has 124 valence electrons. The largest absolute Gasteiger partial charge is 0.478 e. The fourth-order valence-electron chi connectivity index (χ4n) is 2.54. The van der Waals surface area contributed by atoms with Crippen LogP contribution >= 0.6 is 0 Å². The molecule has 1 aromatic carbocycles. The Morgan fingerprint density at radius 3 is 2.92 bits per heavy atom. The van der Waals surface area contributed by atoms with Gasteiger partial charge in [0.1, 0.15) is 6.61 Å². The van der Waals surface area contributed by atoms with Crippen LogP contribution in [0.15, 0.2) is 48.5 Å². The molecule has 0 saturated heterocycles. The molecule has 1 aromatic heterocycles. The summed E-state index contributed by atoms with van der Waals surface area (Å²) in [4.78, 5) is 15.3. The molecule has 0 atom stereocenters. The van der Waals surface area contributed by atoms with Gasteiger partial charge in [-0.3, -0.25) is 0 Å². The van der Waals surface area contributed by atoms with Gasteiger partial charge in [-0.1, -0.05) is 23.8 Å². The van der Waals surface area contributed by atoms with Gasteiger partial charge in [-0.25, -0.2) is 20.2 Å². The number of hydrogen-bond donors (Lipinski definition) is 2. The lowest BCUT2D eigenvalue weighted by molar-refractivity contribution is 0.0696. The first-order valence-corrected chi connectivity index (χ1v) is 7.66. The van der Waals surface area contributed by atoms with Crippen LogP contribution < -0.4 is 10.4 Å². The van der Waals surface area contributed by atoms with Crippen molar-refractivity contribution in [2.75, 3.05) is 11.6 Å². The summed E-state index contributed by atoms with van der Waals surface area (Å²) < 4.78 is 5.91. The van der Waals surface area contributed by atoms with E-state index in [-0.39, 0.29) is 5.56 Å². The maximum Gasteiger partial charge on any atom is 0.335 e. The van der Waals surface area contributed by atoms with Crippen molar-refractivity contribution in [2.45, 2.75) is 20.5 Å². The van der Waals surface area contributed by atoms with Gasteiger partial charge in [-0.15, -0.1) is 0 Å². The Labute approximate surface area is 140 Å². The van der Waals surface area contributed by atoms with Crippen LogP contribution in [0.2, 0.25) is 0 Å². The molecule has 6 nitrogen and oxygen atoms in total. The zero-order valence-corrected chi connectivity index (χ0v) is 13.6. The average molecular weight is 325 g/mol. The smallest absolute Gasteiger partial charge is 0.335 e. The van der Waals surface area contributed by atoms with Crippen molar-refractivity contribution >= 4 is 11.8 Å². The minimum atomic E-state index is -0.987. The summed E-state index contributed by atoms with van der Waals surface area (Å²) in [6.07, 6.45) is 3.37. The summed E-state index contributed by atoms with van der Waals surface area (Å²) in [7, 11) is 0. The van der Waals surface area contributed by atoms with E-state index in [0.29, 0.717) is 24.9 Å². The highest BCUT2D eigenvalue weighted by Crippen LogP contribution is 2.21. The van der Waals surface area contributed by atoms with Gasteiger partial charge in [0.15, 0.2) is 5.82 Å². The first-order chi connectivity index (χ1) is 11.5. The van der Waals surface area contributed by atoms with Crippen LogP contribution in [0.4, 0.5) is 5.82 Å². The summed E-state index contributed by atoms with van der Waals surface area (Å²) in [6.45, 7) is 5.16. The van der Waals surface area contributed by atoms with E-state index < -0.39 is 5.97 Å². The molecule has 1 aliphatic heterocycles. The minimum absolute atomic E-state index is 0.183. The van der Waals surface area contributed by atoms with Crippen LogP contribution in [-0.2, 0) is 11.3 Å². The monoisotopic (exact) mass is 325 g/mol. The molecule has 0 unspecified atom stereocenters. The number of nitrogens with one attached hydrogen (secondary N) is 1. The van der Waals surface area contributed by atoms with Gasteiger partial charge in [0, 0.05) is 12.7 Å². The van der Waals surface area contributed by atoms with Gasteiger partial charge in [-0.05, 0) is 43.2 Å². The van der Waals surface area contributed by atoms with Crippen molar-refractivity contribution in [3.8, 4) is 0 Å². The topological polar surface area (TPSA) is 74.7 Å². The lowest BCUT2D eigenvalue weighted by Crippen LogP contribution is -2.33. The van der Waals surface area contributed by atoms with E-state index >= 15 is 0 Å². The third-order valence-electron chi connectivity index (χ3n) is 3.84.